The van der Waals surface area contributed by atoms with Crippen LogP contribution in [0, 0.1) is 0 Å². The highest BCUT2D eigenvalue weighted by molar-refractivity contribution is 5.85. The molecule has 2 aromatic heterocycles. The third-order valence-corrected chi connectivity index (χ3v) is 3.77. The Labute approximate surface area is 148 Å². The number of phenols is 1. The van der Waals surface area contributed by atoms with Gasteiger partial charge in [-0.05, 0) is 30.3 Å². The number of aromatic hydroxyl groups is 1. The third-order valence-electron chi connectivity index (χ3n) is 3.77. The molecule has 8 heteroatoms. The summed E-state index contributed by atoms with van der Waals surface area (Å²) >= 11 is 0. The summed E-state index contributed by atoms with van der Waals surface area (Å²) in [5, 5.41) is 13.0. The van der Waals surface area contributed by atoms with Crippen LogP contribution in [-0.4, -0.2) is 27.2 Å². The van der Waals surface area contributed by atoms with Gasteiger partial charge in [-0.25, -0.2) is 9.97 Å². The van der Waals surface area contributed by atoms with E-state index >= 15 is 0 Å². The van der Waals surface area contributed by atoms with Crippen LogP contribution in [0.3, 0.4) is 0 Å². The van der Waals surface area contributed by atoms with Crippen molar-refractivity contribution in [3.63, 3.8) is 0 Å². The SMILES string of the molecule is COc1ccc(Nc2ncnc3oc(-c4cccc(N)c4)nc23)cc1O. The van der Waals surface area contributed by atoms with E-state index in [2.05, 4.69) is 20.3 Å². The first-order valence-corrected chi connectivity index (χ1v) is 7.75. The van der Waals surface area contributed by atoms with Gasteiger partial charge in [0, 0.05) is 23.0 Å². The van der Waals surface area contributed by atoms with Crippen molar-refractivity contribution in [2.24, 2.45) is 0 Å². The van der Waals surface area contributed by atoms with Gasteiger partial charge in [-0.15, -0.1) is 0 Å². The fraction of sp³-hybridized carbons (Fsp3) is 0.0556. The van der Waals surface area contributed by atoms with Crippen LogP contribution < -0.4 is 15.8 Å². The number of anilines is 3. The van der Waals surface area contributed by atoms with Gasteiger partial charge in [0.05, 0.1) is 7.11 Å². The van der Waals surface area contributed by atoms with Crippen LogP contribution in [0.4, 0.5) is 17.2 Å². The molecular formula is C18H15N5O3. The van der Waals surface area contributed by atoms with Crippen LogP contribution in [-0.2, 0) is 0 Å². The van der Waals surface area contributed by atoms with Crippen molar-refractivity contribution in [2.75, 3.05) is 18.2 Å². The van der Waals surface area contributed by atoms with Crippen LogP contribution in [0.15, 0.2) is 53.2 Å². The maximum absolute atomic E-state index is 9.92. The molecule has 4 aromatic rings. The number of phenolic OH excluding ortho intramolecular Hbond substituents is 1. The number of nitrogen functional groups attached to an aromatic ring is 1. The Hall–Kier alpha value is -3.81. The molecule has 2 heterocycles. The zero-order valence-corrected chi connectivity index (χ0v) is 13.8. The van der Waals surface area contributed by atoms with Gasteiger partial charge in [0.2, 0.25) is 5.89 Å². The summed E-state index contributed by atoms with van der Waals surface area (Å²) in [4.78, 5) is 12.8. The summed E-state index contributed by atoms with van der Waals surface area (Å²) < 4.78 is 10.8. The molecule has 0 bridgehead atoms. The Balaban J connectivity index is 1.73. The van der Waals surface area contributed by atoms with Crippen molar-refractivity contribution in [2.45, 2.75) is 0 Å². The van der Waals surface area contributed by atoms with Gasteiger partial charge in [0.1, 0.15) is 6.33 Å². The van der Waals surface area contributed by atoms with Crippen LogP contribution in [0.2, 0.25) is 0 Å². The summed E-state index contributed by atoms with van der Waals surface area (Å²) in [6, 6.07) is 12.2. The molecule has 0 amide bonds. The number of benzene rings is 2. The summed E-state index contributed by atoms with van der Waals surface area (Å²) in [7, 11) is 1.49. The lowest BCUT2D eigenvalue weighted by atomic mass is 10.2. The van der Waals surface area contributed by atoms with Gasteiger partial charge in [-0.1, -0.05) is 6.07 Å². The van der Waals surface area contributed by atoms with Gasteiger partial charge in [-0.2, -0.15) is 4.98 Å². The zero-order valence-electron chi connectivity index (χ0n) is 13.8. The van der Waals surface area contributed by atoms with Crippen LogP contribution >= 0.6 is 0 Å². The van der Waals surface area contributed by atoms with Crippen LogP contribution in [0.1, 0.15) is 0 Å². The van der Waals surface area contributed by atoms with E-state index in [-0.39, 0.29) is 5.75 Å². The summed E-state index contributed by atoms with van der Waals surface area (Å²) in [5.74, 6) is 1.25. The van der Waals surface area contributed by atoms with E-state index in [9.17, 15) is 5.11 Å². The van der Waals surface area contributed by atoms with E-state index in [1.807, 2.05) is 12.1 Å². The molecule has 4 rings (SSSR count). The maximum atomic E-state index is 9.92. The molecule has 0 aliphatic carbocycles. The van der Waals surface area contributed by atoms with Gasteiger partial charge < -0.3 is 25.3 Å². The van der Waals surface area contributed by atoms with Crippen molar-refractivity contribution in [3.05, 3.63) is 48.8 Å². The Bertz CT molecular complexity index is 1090. The van der Waals surface area contributed by atoms with Gasteiger partial charge >= 0.3 is 0 Å². The summed E-state index contributed by atoms with van der Waals surface area (Å²) in [6.07, 6.45) is 1.38. The van der Waals surface area contributed by atoms with Crippen molar-refractivity contribution >= 4 is 28.4 Å². The van der Waals surface area contributed by atoms with E-state index < -0.39 is 0 Å². The third kappa shape index (κ3) is 2.84. The molecule has 26 heavy (non-hydrogen) atoms. The largest absolute Gasteiger partial charge is 0.504 e. The predicted molar refractivity (Wildman–Crippen MR) is 97.4 cm³/mol. The molecule has 0 fully saturated rings. The molecule has 0 atom stereocenters. The minimum absolute atomic E-state index is 0.0170. The van der Waals surface area contributed by atoms with Gasteiger partial charge in [0.25, 0.3) is 5.71 Å². The highest BCUT2D eigenvalue weighted by Gasteiger charge is 2.14. The van der Waals surface area contributed by atoms with Crippen molar-refractivity contribution in [1.82, 2.24) is 15.0 Å². The van der Waals surface area contributed by atoms with Crippen molar-refractivity contribution < 1.29 is 14.3 Å². The molecule has 8 nitrogen and oxygen atoms in total. The molecule has 2 aromatic carbocycles. The summed E-state index contributed by atoms with van der Waals surface area (Å²) in [5.41, 5.74) is 8.62. The zero-order chi connectivity index (χ0) is 18.1. The lowest BCUT2D eigenvalue weighted by Gasteiger charge is -2.08. The highest BCUT2D eigenvalue weighted by Crippen LogP contribution is 2.32. The Morgan fingerprint density at radius 2 is 2.04 bits per heavy atom. The average Bonchev–Trinajstić information content (AvgIpc) is 3.07. The van der Waals surface area contributed by atoms with E-state index in [0.717, 1.165) is 5.56 Å². The minimum Gasteiger partial charge on any atom is -0.504 e. The number of nitrogens with one attached hydrogen (secondary N) is 1. The number of fused-ring (bicyclic) bond motifs is 1. The first kappa shape index (κ1) is 15.7. The monoisotopic (exact) mass is 349 g/mol. The standard InChI is InChI=1S/C18H15N5O3/c1-25-14-6-5-12(8-13(14)24)22-16-15-18(21-9-20-16)26-17(23-15)10-3-2-4-11(19)7-10/h2-9,24H,19H2,1H3,(H,20,21,22). The van der Waals surface area contributed by atoms with E-state index in [0.29, 0.717) is 40.1 Å². The molecule has 0 saturated heterocycles. The van der Waals surface area contributed by atoms with Crippen LogP contribution in [0.5, 0.6) is 11.5 Å². The summed E-state index contributed by atoms with van der Waals surface area (Å²) in [6.45, 7) is 0. The number of rotatable bonds is 4. The minimum atomic E-state index is 0.0170. The maximum Gasteiger partial charge on any atom is 0.252 e. The number of nitrogens with zero attached hydrogens (tertiary/aromatic N) is 3. The molecule has 0 radical (unpaired) electrons. The number of ether oxygens (including phenoxy) is 1. The molecule has 4 N–H and O–H groups in total. The number of oxazole rings is 1. The van der Waals surface area contributed by atoms with Gasteiger partial charge in [-0.3, -0.25) is 0 Å². The quantitative estimate of drug-likeness (QED) is 0.480. The smallest absolute Gasteiger partial charge is 0.252 e. The van der Waals surface area contributed by atoms with E-state index in [1.165, 1.54) is 19.5 Å². The first-order valence-electron chi connectivity index (χ1n) is 7.75. The Kier molecular flexibility index (Phi) is 3.77. The Morgan fingerprint density at radius 3 is 2.81 bits per heavy atom. The van der Waals surface area contributed by atoms with Crippen molar-refractivity contribution in [1.29, 1.82) is 0 Å². The second kappa shape index (κ2) is 6.25. The topological polar surface area (TPSA) is 119 Å². The number of methoxy groups -OCH3 is 1. The molecule has 0 aliphatic heterocycles. The molecule has 0 unspecified atom stereocenters. The molecule has 0 aliphatic rings. The van der Waals surface area contributed by atoms with Gasteiger partial charge in [0.15, 0.2) is 22.8 Å². The molecule has 130 valence electrons. The Morgan fingerprint density at radius 1 is 1.15 bits per heavy atom. The average molecular weight is 349 g/mol. The first-order chi connectivity index (χ1) is 12.6. The number of hydrogen-bond donors (Lipinski definition) is 3. The highest BCUT2D eigenvalue weighted by atomic mass is 16.5. The fourth-order valence-electron chi connectivity index (χ4n) is 2.55. The number of nitrogens with two attached hydrogens (primary N) is 1. The second-order valence-corrected chi connectivity index (χ2v) is 5.53. The van der Waals surface area contributed by atoms with E-state index in [4.69, 9.17) is 14.9 Å². The lowest BCUT2D eigenvalue weighted by Crippen LogP contribution is -1.96. The fourth-order valence-corrected chi connectivity index (χ4v) is 2.55. The number of aromatic nitrogens is 3. The van der Waals surface area contributed by atoms with Crippen LogP contribution in [0.25, 0.3) is 22.7 Å². The molecule has 0 spiro atoms. The number of hydrogen-bond acceptors (Lipinski definition) is 8. The van der Waals surface area contributed by atoms with Crippen molar-refractivity contribution in [3.8, 4) is 23.0 Å². The predicted octanol–water partition coefficient (Wildman–Crippen LogP) is 3.32. The second-order valence-electron chi connectivity index (χ2n) is 5.53. The lowest BCUT2D eigenvalue weighted by molar-refractivity contribution is 0.373. The van der Waals surface area contributed by atoms with E-state index in [1.54, 1.807) is 24.3 Å². The molecular weight excluding hydrogens is 334 g/mol. The molecule has 0 saturated carbocycles. The normalized spacial score (nSPS) is 10.8.